The predicted molar refractivity (Wildman–Crippen MR) is 95.0 cm³/mol. The van der Waals surface area contributed by atoms with Crippen molar-refractivity contribution in [2.45, 2.75) is 6.61 Å². The quantitative estimate of drug-likeness (QED) is 0.588. The third-order valence-corrected chi connectivity index (χ3v) is 3.70. The van der Waals surface area contributed by atoms with Crippen LogP contribution in [0.2, 0.25) is 10.0 Å². The van der Waals surface area contributed by atoms with Crippen LogP contribution in [0.15, 0.2) is 42.0 Å². The van der Waals surface area contributed by atoms with Gasteiger partial charge in [-0.15, -0.1) is 0 Å². The van der Waals surface area contributed by atoms with Gasteiger partial charge in [-0.2, -0.15) is 5.26 Å². The van der Waals surface area contributed by atoms with Crippen LogP contribution in [-0.2, 0) is 11.4 Å². The maximum absolute atomic E-state index is 10.9. The first kappa shape index (κ1) is 18.7. The molecule has 0 fully saturated rings. The molecule has 0 amide bonds. The van der Waals surface area contributed by atoms with Crippen molar-refractivity contribution in [1.82, 2.24) is 0 Å². The summed E-state index contributed by atoms with van der Waals surface area (Å²) in [5.74, 6) is -0.683. The molecule has 0 aromatic heterocycles. The lowest BCUT2D eigenvalue weighted by molar-refractivity contribution is -0.132. The summed E-state index contributed by atoms with van der Waals surface area (Å²) < 4.78 is 11.0. The normalized spacial score (nSPS) is 10.9. The second-order valence-corrected chi connectivity index (χ2v) is 5.77. The summed E-state index contributed by atoms with van der Waals surface area (Å²) in [6, 6.07) is 11.8. The van der Waals surface area contributed by atoms with Gasteiger partial charge in [0.2, 0.25) is 0 Å². The first-order chi connectivity index (χ1) is 11.9. The zero-order chi connectivity index (χ0) is 18.4. The Morgan fingerprint density at radius 1 is 1.32 bits per heavy atom. The number of methoxy groups -OCH3 is 1. The van der Waals surface area contributed by atoms with Crippen molar-refractivity contribution in [2.24, 2.45) is 0 Å². The van der Waals surface area contributed by atoms with Gasteiger partial charge in [0.25, 0.3) is 0 Å². The summed E-state index contributed by atoms with van der Waals surface area (Å²) in [5.41, 5.74) is 0.855. The third kappa shape index (κ3) is 4.90. The number of carboxylic acid groups (broad SMARTS) is 1. The van der Waals surface area contributed by atoms with Crippen LogP contribution in [0.5, 0.6) is 11.5 Å². The molecule has 0 aliphatic heterocycles. The Hall–Kier alpha value is -2.68. The molecule has 25 heavy (non-hydrogen) atoms. The highest BCUT2D eigenvalue weighted by molar-refractivity contribution is 6.32. The van der Waals surface area contributed by atoms with E-state index >= 15 is 0 Å². The Kier molecular flexibility index (Phi) is 6.29. The fraction of sp³-hybridized carbons (Fsp3) is 0.111. The lowest BCUT2D eigenvalue weighted by Crippen LogP contribution is -2.00. The van der Waals surface area contributed by atoms with Gasteiger partial charge in [-0.05, 0) is 41.5 Å². The van der Waals surface area contributed by atoms with Crippen LogP contribution < -0.4 is 9.47 Å². The minimum atomic E-state index is -1.32. The highest BCUT2D eigenvalue weighted by Crippen LogP contribution is 2.37. The summed E-state index contributed by atoms with van der Waals surface area (Å²) in [6.45, 7) is 0.227. The van der Waals surface area contributed by atoms with E-state index in [4.69, 9.17) is 43.0 Å². The number of ether oxygens (including phenoxy) is 2. The molecule has 0 atom stereocenters. The van der Waals surface area contributed by atoms with Crippen LogP contribution in [0, 0.1) is 11.3 Å². The lowest BCUT2D eigenvalue weighted by Gasteiger charge is -2.13. The van der Waals surface area contributed by atoms with E-state index in [0.29, 0.717) is 22.1 Å². The predicted octanol–water partition coefficient (Wildman–Crippen LogP) is 4.57. The van der Waals surface area contributed by atoms with E-state index in [2.05, 4.69) is 0 Å². The van der Waals surface area contributed by atoms with E-state index in [1.165, 1.54) is 19.3 Å². The van der Waals surface area contributed by atoms with Crippen LogP contribution in [-0.4, -0.2) is 18.2 Å². The zero-order valence-electron chi connectivity index (χ0n) is 13.1. The van der Waals surface area contributed by atoms with E-state index in [9.17, 15) is 4.79 Å². The van der Waals surface area contributed by atoms with Crippen LogP contribution in [0.4, 0.5) is 0 Å². The molecule has 0 spiro atoms. The van der Waals surface area contributed by atoms with E-state index in [1.54, 1.807) is 24.3 Å². The summed E-state index contributed by atoms with van der Waals surface area (Å²) in [7, 11) is 1.44. The number of nitrogens with zero attached hydrogens (tertiary/aromatic N) is 1. The maximum atomic E-state index is 10.9. The minimum Gasteiger partial charge on any atom is -0.493 e. The SMILES string of the molecule is COc1cc(C=C(C#N)C(=O)O)cc(Cl)c1OCc1cccc(Cl)c1. The molecule has 0 bridgehead atoms. The van der Waals surface area contributed by atoms with Crippen LogP contribution in [0.1, 0.15) is 11.1 Å². The molecular formula is C18H13Cl2NO4. The van der Waals surface area contributed by atoms with E-state index in [0.717, 1.165) is 5.56 Å². The van der Waals surface area contributed by atoms with Crippen molar-refractivity contribution in [2.75, 3.05) is 7.11 Å². The average Bonchev–Trinajstić information content (AvgIpc) is 2.58. The monoisotopic (exact) mass is 377 g/mol. The Balaban J connectivity index is 2.31. The second-order valence-electron chi connectivity index (χ2n) is 4.93. The molecule has 0 saturated carbocycles. The largest absolute Gasteiger partial charge is 0.493 e. The highest BCUT2D eigenvalue weighted by Gasteiger charge is 2.13. The van der Waals surface area contributed by atoms with Crippen molar-refractivity contribution in [1.29, 1.82) is 5.26 Å². The number of rotatable bonds is 6. The Labute approximate surface area is 154 Å². The first-order valence-electron chi connectivity index (χ1n) is 7.04. The molecule has 0 unspecified atom stereocenters. The summed E-state index contributed by atoms with van der Waals surface area (Å²) >= 11 is 12.2. The average molecular weight is 378 g/mol. The molecule has 0 aliphatic carbocycles. The second kappa shape index (κ2) is 8.43. The Morgan fingerprint density at radius 3 is 2.68 bits per heavy atom. The fourth-order valence-corrected chi connectivity index (χ4v) is 2.54. The highest BCUT2D eigenvalue weighted by atomic mass is 35.5. The zero-order valence-corrected chi connectivity index (χ0v) is 14.6. The summed E-state index contributed by atoms with van der Waals surface area (Å²) in [4.78, 5) is 10.9. The smallest absolute Gasteiger partial charge is 0.346 e. The number of aliphatic carboxylic acids is 1. The van der Waals surface area contributed by atoms with Gasteiger partial charge < -0.3 is 14.6 Å². The number of hydrogen-bond donors (Lipinski definition) is 1. The molecule has 0 saturated heterocycles. The molecular weight excluding hydrogens is 365 g/mol. The van der Waals surface area contributed by atoms with Gasteiger partial charge in [-0.1, -0.05) is 35.3 Å². The maximum Gasteiger partial charge on any atom is 0.346 e. The van der Waals surface area contributed by atoms with Crippen LogP contribution in [0.3, 0.4) is 0 Å². The van der Waals surface area contributed by atoms with E-state index < -0.39 is 11.5 Å². The molecule has 5 nitrogen and oxygen atoms in total. The fourth-order valence-electron chi connectivity index (χ4n) is 2.05. The molecule has 2 rings (SSSR count). The number of halogens is 2. The standard InChI is InChI=1S/C18H13Cl2NO4/c1-24-16-8-12(5-13(9-21)18(22)23)7-15(20)17(16)25-10-11-3-2-4-14(19)6-11/h2-8H,10H2,1H3,(H,22,23). The molecule has 2 aromatic carbocycles. The van der Waals surface area contributed by atoms with Crippen molar-refractivity contribution in [3.63, 3.8) is 0 Å². The number of carboxylic acids is 1. The van der Waals surface area contributed by atoms with Gasteiger partial charge in [-0.3, -0.25) is 0 Å². The molecule has 0 aliphatic rings. The number of nitriles is 1. The molecule has 128 valence electrons. The number of hydrogen-bond acceptors (Lipinski definition) is 4. The van der Waals surface area contributed by atoms with Gasteiger partial charge in [0.1, 0.15) is 18.2 Å². The number of benzene rings is 2. The molecule has 0 radical (unpaired) electrons. The van der Waals surface area contributed by atoms with Crippen molar-refractivity contribution in [3.8, 4) is 17.6 Å². The lowest BCUT2D eigenvalue weighted by atomic mass is 10.1. The van der Waals surface area contributed by atoms with Gasteiger partial charge in [0.05, 0.1) is 12.1 Å². The van der Waals surface area contributed by atoms with Gasteiger partial charge in [0, 0.05) is 5.02 Å². The van der Waals surface area contributed by atoms with Crippen molar-refractivity contribution < 1.29 is 19.4 Å². The van der Waals surface area contributed by atoms with E-state index in [1.807, 2.05) is 12.1 Å². The first-order valence-corrected chi connectivity index (χ1v) is 7.80. The summed E-state index contributed by atoms with van der Waals surface area (Å²) in [6.07, 6.45) is 1.21. The van der Waals surface area contributed by atoms with Crippen LogP contribution >= 0.6 is 23.2 Å². The molecule has 0 heterocycles. The van der Waals surface area contributed by atoms with Crippen molar-refractivity contribution in [3.05, 3.63) is 63.1 Å². The van der Waals surface area contributed by atoms with Gasteiger partial charge >= 0.3 is 5.97 Å². The molecule has 7 heteroatoms. The van der Waals surface area contributed by atoms with Crippen molar-refractivity contribution >= 4 is 35.2 Å². The minimum absolute atomic E-state index is 0.227. The number of carbonyl (C=O) groups is 1. The third-order valence-electron chi connectivity index (χ3n) is 3.19. The van der Waals surface area contributed by atoms with Gasteiger partial charge in [0.15, 0.2) is 11.5 Å². The topological polar surface area (TPSA) is 79.5 Å². The summed E-state index contributed by atoms with van der Waals surface area (Å²) in [5, 5.41) is 18.6. The van der Waals surface area contributed by atoms with Crippen LogP contribution in [0.25, 0.3) is 6.08 Å². The van der Waals surface area contributed by atoms with Gasteiger partial charge in [-0.25, -0.2) is 4.79 Å². The van der Waals surface area contributed by atoms with E-state index in [-0.39, 0.29) is 11.6 Å². The Bertz CT molecular complexity index is 872. The molecule has 1 N–H and O–H groups in total. The Morgan fingerprint density at radius 2 is 2.08 bits per heavy atom. The molecule has 2 aromatic rings.